The van der Waals surface area contributed by atoms with Crippen molar-refractivity contribution in [2.45, 2.75) is 15.7 Å². The van der Waals surface area contributed by atoms with Gasteiger partial charge < -0.3 is 4.74 Å². The average molecular weight is 529 g/mol. The third-order valence-electron chi connectivity index (χ3n) is 3.67. The van der Waals surface area contributed by atoms with E-state index < -0.39 is 26.7 Å². The first-order valence-corrected chi connectivity index (χ1v) is 12.7. The monoisotopic (exact) mass is 528 g/mol. The van der Waals surface area contributed by atoms with Crippen LogP contribution in [0.3, 0.4) is 0 Å². The number of rotatable bonds is 8. The minimum atomic E-state index is -4.25. The van der Waals surface area contributed by atoms with E-state index in [9.17, 15) is 25.6 Å². The van der Waals surface area contributed by atoms with Crippen molar-refractivity contribution in [3.05, 3.63) is 64.0 Å². The third-order valence-corrected chi connectivity index (χ3v) is 8.53. The number of halogens is 4. The molecule has 1 heterocycles. The predicted octanol–water partition coefficient (Wildman–Crippen LogP) is 5.26. The van der Waals surface area contributed by atoms with Crippen molar-refractivity contribution in [3.8, 4) is 5.75 Å². The molecule has 0 amide bonds. The molecule has 3 rings (SSSR count). The SMILES string of the molecule is O=S(=O)(Nc1cc(Cl)c(Cl)cc1NS(=O)(=O)c1cccs1)c1ccc(OC(F)F)cc1. The largest absolute Gasteiger partial charge is 0.435 e. The maximum atomic E-state index is 12.7. The van der Waals surface area contributed by atoms with Crippen LogP contribution >= 0.6 is 34.5 Å². The lowest BCUT2D eigenvalue weighted by Gasteiger charge is -2.15. The van der Waals surface area contributed by atoms with Gasteiger partial charge in [-0.05, 0) is 47.8 Å². The molecule has 0 fully saturated rings. The number of anilines is 2. The van der Waals surface area contributed by atoms with Gasteiger partial charge in [0.2, 0.25) is 0 Å². The van der Waals surface area contributed by atoms with Crippen molar-refractivity contribution in [1.82, 2.24) is 0 Å². The summed E-state index contributed by atoms with van der Waals surface area (Å²) in [5, 5.41) is 1.52. The zero-order valence-electron chi connectivity index (χ0n) is 15.1. The van der Waals surface area contributed by atoms with Gasteiger partial charge in [-0.15, -0.1) is 11.3 Å². The fourth-order valence-electron chi connectivity index (χ4n) is 2.33. The van der Waals surface area contributed by atoms with E-state index in [-0.39, 0.29) is 36.3 Å². The molecule has 31 heavy (non-hydrogen) atoms. The first-order chi connectivity index (χ1) is 14.5. The van der Waals surface area contributed by atoms with Crippen LogP contribution in [0.1, 0.15) is 0 Å². The summed E-state index contributed by atoms with van der Waals surface area (Å²) in [6.07, 6.45) is 0. The molecule has 0 atom stereocenters. The molecule has 2 N–H and O–H groups in total. The van der Waals surface area contributed by atoms with Crippen LogP contribution in [-0.2, 0) is 20.0 Å². The van der Waals surface area contributed by atoms with Gasteiger partial charge in [-0.25, -0.2) is 16.8 Å². The Labute approximate surface area is 190 Å². The maximum absolute atomic E-state index is 12.7. The number of thiophene rings is 1. The van der Waals surface area contributed by atoms with Crippen molar-refractivity contribution in [3.63, 3.8) is 0 Å². The molecule has 2 aromatic carbocycles. The van der Waals surface area contributed by atoms with Gasteiger partial charge in [-0.3, -0.25) is 9.44 Å². The molecule has 14 heteroatoms. The Kier molecular flexibility index (Phi) is 6.96. The number of benzene rings is 2. The van der Waals surface area contributed by atoms with Gasteiger partial charge >= 0.3 is 6.61 Å². The van der Waals surface area contributed by atoms with Gasteiger partial charge in [-0.2, -0.15) is 8.78 Å². The van der Waals surface area contributed by atoms with E-state index in [1.165, 1.54) is 6.07 Å². The van der Waals surface area contributed by atoms with Crippen LogP contribution in [0.5, 0.6) is 5.75 Å². The molecule has 3 aromatic rings. The Morgan fingerprint density at radius 1 is 0.871 bits per heavy atom. The first kappa shape index (κ1) is 23.5. The molecule has 166 valence electrons. The van der Waals surface area contributed by atoms with E-state index in [2.05, 4.69) is 14.2 Å². The topological polar surface area (TPSA) is 102 Å². The summed E-state index contributed by atoms with van der Waals surface area (Å²) in [7, 11) is -8.26. The van der Waals surface area contributed by atoms with Crippen molar-refractivity contribution in [2.24, 2.45) is 0 Å². The van der Waals surface area contributed by atoms with Crippen LogP contribution in [-0.4, -0.2) is 23.4 Å². The van der Waals surface area contributed by atoms with Crippen LogP contribution in [0.2, 0.25) is 10.0 Å². The second-order valence-corrected chi connectivity index (χ2v) is 11.2. The standard InChI is InChI=1S/C17H12Cl2F2N2O5S3/c18-12-8-14(15(9-13(12)19)23-31(26,27)16-2-1-7-29-16)22-30(24,25)11-5-3-10(4-6-11)28-17(20)21/h1-9,17,22-23H. The molecule has 0 bridgehead atoms. The van der Waals surface area contributed by atoms with Crippen molar-refractivity contribution < 1.29 is 30.4 Å². The van der Waals surface area contributed by atoms with E-state index in [1.807, 2.05) is 0 Å². The van der Waals surface area contributed by atoms with E-state index in [0.29, 0.717) is 0 Å². The molecule has 1 aromatic heterocycles. The Balaban J connectivity index is 1.94. The zero-order chi connectivity index (χ0) is 22.8. The van der Waals surface area contributed by atoms with Gasteiger partial charge in [0.05, 0.1) is 26.3 Å². The lowest BCUT2D eigenvalue weighted by Crippen LogP contribution is -2.17. The Bertz CT molecular complexity index is 1280. The summed E-state index contributed by atoms with van der Waals surface area (Å²) >= 11 is 12.9. The quantitative estimate of drug-likeness (QED) is 0.415. The van der Waals surface area contributed by atoms with Crippen molar-refractivity contribution >= 4 is 66.0 Å². The summed E-state index contributed by atoms with van der Waals surface area (Å²) < 4.78 is 83.7. The molecular formula is C17H12Cl2F2N2O5S3. The smallest absolute Gasteiger partial charge is 0.387 e. The summed E-state index contributed by atoms with van der Waals surface area (Å²) in [6, 6.07) is 9.41. The molecular weight excluding hydrogens is 517 g/mol. The van der Waals surface area contributed by atoms with Crippen LogP contribution in [0.15, 0.2) is 63.0 Å². The maximum Gasteiger partial charge on any atom is 0.387 e. The minimum absolute atomic E-state index is 0.00185. The van der Waals surface area contributed by atoms with E-state index in [4.69, 9.17) is 23.2 Å². The van der Waals surface area contributed by atoms with Crippen molar-refractivity contribution in [1.29, 1.82) is 0 Å². The van der Waals surface area contributed by atoms with Crippen LogP contribution in [0.4, 0.5) is 20.2 Å². The molecule has 7 nitrogen and oxygen atoms in total. The van der Waals surface area contributed by atoms with E-state index in [0.717, 1.165) is 47.7 Å². The summed E-state index contributed by atoms with van der Waals surface area (Å²) in [5.74, 6) is -0.229. The zero-order valence-corrected chi connectivity index (χ0v) is 19.0. The van der Waals surface area contributed by atoms with Gasteiger partial charge in [-0.1, -0.05) is 29.3 Å². The summed E-state index contributed by atoms with van der Waals surface area (Å²) in [5.41, 5.74) is -0.355. The molecule has 0 aliphatic rings. The molecule has 0 saturated carbocycles. The predicted molar refractivity (Wildman–Crippen MR) is 115 cm³/mol. The highest BCUT2D eigenvalue weighted by Crippen LogP contribution is 2.35. The second-order valence-electron chi connectivity index (χ2n) is 5.80. The van der Waals surface area contributed by atoms with Crippen molar-refractivity contribution in [2.75, 3.05) is 9.44 Å². The highest BCUT2D eigenvalue weighted by atomic mass is 35.5. The fourth-order valence-corrected chi connectivity index (χ4v) is 5.79. The van der Waals surface area contributed by atoms with Crippen LogP contribution < -0.4 is 14.2 Å². The lowest BCUT2D eigenvalue weighted by molar-refractivity contribution is -0.0498. The first-order valence-electron chi connectivity index (χ1n) is 8.11. The van der Waals surface area contributed by atoms with Gasteiger partial charge in [0.15, 0.2) is 0 Å². The Morgan fingerprint density at radius 2 is 1.42 bits per heavy atom. The number of ether oxygens (including phenoxy) is 1. The fraction of sp³-hybridized carbons (Fsp3) is 0.0588. The summed E-state index contributed by atoms with van der Waals surface area (Å²) in [4.78, 5) is -0.285. The number of hydrogen-bond donors (Lipinski definition) is 2. The van der Waals surface area contributed by atoms with Crippen LogP contribution in [0, 0.1) is 0 Å². The van der Waals surface area contributed by atoms with E-state index in [1.54, 1.807) is 11.4 Å². The third kappa shape index (κ3) is 5.77. The number of alkyl halides is 2. The van der Waals surface area contributed by atoms with Crippen LogP contribution in [0.25, 0.3) is 0 Å². The van der Waals surface area contributed by atoms with Gasteiger partial charge in [0.1, 0.15) is 9.96 Å². The number of sulfonamides is 2. The molecule has 0 aliphatic heterocycles. The summed E-state index contributed by atoms with van der Waals surface area (Å²) in [6.45, 7) is -3.06. The molecule has 0 saturated heterocycles. The normalized spacial score (nSPS) is 12.0. The number of nitrogens with one attached hydrogen (secondary N) is 2. The molecule has 0 spiro atoms. The highest BCUT2D eigenvalue weighted by Gasteiger charge is 2.22. The second kappa shape index (κ2) is 9.17. The number of hydrogen-bond acceptors (Lipinski definition) is 6. The molecule has 0 aliphatic carbocycles. The van der Waals surface area contributed by atoms with E-state index >= 15 is 0 Å². The van der Waals surface area contributed by atoms with Gasteiger partial charge in [0.25, 0.3) is 20.0 Å². The Morgan fingerprint density at radius 3 is 1.90 bits per heavy atom. The Hall–Kier alpha value is -2.12. The van der Waals surface area contributed by atoms with Gasteiger partial charge in [0, 0.05) is 0 Å². The highest BCUT2D eigenvalue weighted by molar-refractivity contribution is 7.94. The minimum Gasteiger partial charge on any atom is -0.435 e. The molecule has 0 unspecified atom stereocenters. The molecule has 0 radical (unpaired) electrons. The average Bonchev–Trinajstić information content (AvgIpc) is 3.21. The lowest BCUT2D eigenvalue weighted by atomic mass is 10.3.